The minimum absolute atomic E-state index is 0.191. The topological polar surface area (TPSA) is 46.1 Å². The van der Waals surface area contributed by atoms with E-state index < -0.39 is 5.82 Å². The van der Waals surface area contributed by atoms with Gasteiger partial charge in [-0.2, -0.15) is 0 Å². The molecule has 21 heavy (non-hydrogen) atoms. The van der Waals surface area contributed by atoms with Crippen molar-refractivity contribution in [2.75, 3.05) is 10.6 Å². The predicted octanol–water partition coefficient (Wildman–Crippen LogP) is 3.61. The van der Waals surface area contributed by atoms with Gasteiger partial charge in [0.25, 0.3) is 0 Å². The Balaban J connectivity index is 2.00. The minimum atomic E-state index is -0.440. The van der Waals surface area contributed by atoms with E-state index in [2.05, 4.69) is 34.4 Å². The fraction of sp³-hybridized carbons (Fsp3) is 0.312. The lowest BCUT2D eigenvalue weighted by Gasteiger charge is -2.09. The normalized spacial score (nSPS) is 10.4. The number of hydrogen-bond donors (Lipinski definition) is 2. The number of hydrogen-bond acceptors (Lipinski definition) is 2. The molecule has 1 aromatic heterocycles. The van der Waals surface area contributed by atoms with Gasteiger partial charge >= 0.3 is 0 Å². The van der Waals surface area contributed by atoms with E-state index in [1.54, 1.807) is 12.1 Å². The Hall–Kier alpha value is -2.30. The second-order valence-corrected chi connectivity index (χ2v) is 4.99. The maximum absolute atomic E-state index is 13.5. The zero-order valence-electron chi connectivity index (χ0n) is 12.3. The molecule has 0 radical (unpaired) electrons. The Morgan fingerprint density at radius 3 is 2.86 bits per heavy atom. The van der Waals surface area contributed by atoms with Gasteiger partial charge in [0, 0.05) is 38.1 Å². The molecule has 0 aliphatic rings. The van der Waals surface area contributed by atoms with Gasteiger partial charge in [0.05, 0.1) is 5.69 Å². The largest absolute Gasteiger partial charge is 0.381 e. The summed E-state index contributed by atoms with van der Waals surface area (Å²) >= 11 is 0. The first-order valence-corrected chi connectivity index (χ1v) is 7.04. The van der Waals surface area contributed by atoms with Crippen molar-refractivity contribution in [2.45, 2.75) is 33.4 Å². The highest BCUT2D eigenvalue weighted by atomic mass is 19.1. The van der Waals surface area contributed by atoms with Gasteiger partial charge in [-0.05, 0) is 36.2 Å². The van der Waals surface area contributed by atoms with Crippen LogP contribution in [-0.2, 0) is 17.9 Å². The molecule has 1 heterocycles. The number of carbonyl (C=O) groups is 1. The molecule has 0 aliphatic heterocycles. The fourth-order valence-corrected chi connectivity index (χ4v) is 2.12. The third-order valence-electron chi connectivity index (χ3n) is 3.07. The van der Waals surface area contributed by atoms with Crippen molar-refractivity contribution >= 4 is 17.3 Å². The van der Waals surface area contributed by atoms with Crippen molar-refractivity contribution in [3.05, 3.63) is 48.0 Å². The third kappa shape index (κ3) is 4.34. The van der Waals surface area contributed by atoms with Crippen LogP contribution in [0.4, 0.5) is 15.8 Å². The number of nitrogens with one attached hydrogen (secondary N) is 2. The van der Waals surface area contributed by atoms with Crippen LogP contribution < -0.4 is 10.6 Å². The Bertz CT molecular complexity index is 622. The molecule has 0 atom stereocenters. The Morgan fingerprint density at radius 1 is 1.33 bits per heavy atom. The van der Waals surface area contributed by atoms with E-state index >= 15 is 0 Å². The SMILES string of the molecule is CCCn1ccc(CNc2ccc(F)c(NC(C)=O)c2)c1. The molecule has 4 nitrogen and oxygen atoms in total. The number of amides is 1. The lowest BCUT2D eigenvalue weighted by Crippen LogP contribution is -2.08. The summed E-state index contributed by atoms with van der Waals surface area (Å²) in [5, 5.41) is 5.70. The van der Waals surface area contributed by atoms with Crippen LogP contribution in [0, 0.1) is 5.82 Å². The molecule has 0 saturated carbocycles. The van der Waals surface area contributed by atoms with Crippen LogP contribution in [-0.4, -0.2) is 10.5 Å². The molecule has 0 saturated heterocycles. The van der Waals surface area contributed by atoms with Crippen LogP contribution in [0.3, 0.4) is 0 Å². The molecule has 0 fully saturated rings. The van der Waals surface area contributed by atoms with E-state index in [1.165, 1.54) is 13.0 Å². The van der Waals surface area contributed by atoms with Crippen LogP contribution >= 0.6 is 0 Å². The van der Waals surface area contributed by atoms with Crippen molar-refractivity contribution in [1.29, 1.82) is 0 Å². The van der Waals surface area contributed by atoms with Crippen molar-refractivity contribution in [2.24, 2.45) is 0 Å². The summed E-state index contributed by atoms with van der Waals surface area (Å²) in [6.45, 7) is 5.15. The van der Waals surface area contributed by atoms with E-state index in [0.717, 1.165) is 24.2 Å². The van der Waals surface area contributed by atoms with Gasteiger partial charge in [0.1, 0.15) is 5.82 Å². The molecule has 5 heteroatoms. The van der Waals surface area contributed by atoms with E-state index in [0.29, 0.717) is 6.54 Å². The van der Waals surface area contributed by atoms with E-state index in [1.807, 2.05) is 6.20 Å². The van der Waals surface area contributed by atoms with E-state index in [4.69, 9.17) is 0 Å². The molecule has 0 spiro atoms. The first-order chi connectivity index (χ1) is 10.1. The van der Waals surface area contributed by atoms with Crippen molar-refractivity contribution in [3.63, 3.8) is 0 Å². The second-order valence-electron chi connectivity index (χ2n) is 4.99. The number of benzene rings is 1. The highest BCUT2D eigenvalue weighted by Gasteiger charge is 2.05. The summed E-state index contributed by atoms with van der Waals surface area (Å²) in [6.07, 6.45) is 5.24. The molecule has 1 aromatic carbocycles. The summed E-state index contributed by atoms with van der Waals surface area (Å²) in [5.41, 5.74) is 2.12. The number of aryl methyl sites for hydroxylation is 1. The highest BCUT2D eigenvalue weighted by Crippen LogP contribution is 2.20. The molecule has 112 valence electrons. The summed E-state index contributed by atoms with van der Waals surface area (Å²) in [7, 11) is 0. The molecule has 0 aliphatic carbocycles. The average Bonchev–Trinajstić information content (AvgIpc) is 2.87. The average molecular weight is 289 g/mol. The van der Waals surface area contributed by atoms with Crippen molar-refractivity contribution in [1.82, 2.24) is 4.57 Å². The smallest absolute Gasteiger partial charge is 0.221 e. The van der Waals surface area contributed by atoms with Gasteiger partial charge in [0.2, 0.25) is 5.91 Å². The van der Waals surface area contributed by atoms with Gasteiger partial charge in [-0.15, -0.1) is 0 Å². The molecule has 0 unspecified atom stereocenters. The van der Waals surface area contributed by atoms with Crippen molar-refractivity contribution < 1.29 is 9.18 Å². The van der Waals surface area contributed by atoms with Gasteiger partial charge < -0.3 is 15.2 Å². The molecule has 2 rings (SSSR count). The second kappa shape index (κ2) is 6.92. The standard InChI is InChI=1S/C16H20FN3O/c1-3-7-20-8-6-13(11-20)10-18-14-4-5-15(17)16(9-14)19-12(2)21/h4-6,8-9,11,18H,3,7,10H2,1-2H3,(H,19,21). The monoisotopic (exact) mass is 289 g/mol. The number of rotatable bonds is 6. The number of halogens is 1. The first kappa shape index (κ1) is 15.1. The zero-order valence-corrected chi connectivity index (χ0v) is 12.3. The van der Waals surface area contributed by atoms with Crippen LogP contribution in [0.1, 0.15) is 25.8 Å². The van der Waals surface area contributed by atoms with Gasteiger partial charge in [-0.1, -0.05) is 6.92 Å². The summed E-state index contributed by atoms with van der Waals surface area (Å²) in [5.74, 6) is -0.729. The quantitative estimate of drug-likeness (QED) is 0.853. The van der Waals surface area contributed by atoms with E-state index in [-0.39, 0.29) is 11.6 Å². The Labute approximate surface area is 124 Å². The van der Waals surface area contributed by atoms with Gasteiger partial charge in [-0.25, -0.2) is 4.39 Å². The van der Waals surface area contributed by atoms with Gasteiger partial charge in [0.15, 0.2) is 0 Å². The predicted molar refractivity (Wildman–Crippen MR) is 82.8 cm³/mol. The molecule has 2 aromatic rings. The summed E-state index contributed by atoms with van der Waals surface area (Å²) in [6, 6.07) is 6.65. The maximum Gasteiger partial charge on any atom is 0.221 e. The molecular weight excluding hydrogens is 269 g/mol. The summed E-state index contributed by atoms with van der Waals surface area (Å²) in [4.78, 5) is 11.0. The lowest BCUT2D eigenvalue weighted by atomic mass is 10.2. The van der Waals surface area contributed by atoms with E-state index in [9.17, 15) is 9.18 Å². The van der Waals surface area contributed by atoms with Crippen LogP contribution in [0.5, 0.6) is 0 Å². The van der Waals surface area contributed by atoms with Crippen molar-refractivity contribution in [3.8, 4) is 0 Å². The number of anilines is 2. The zero-order chi connectivity index (χ0) is 15.2. The molecule has 0 bridgehead atoms. The van der Waals surface area contributed by atoms with Gasteiger partial charge in [-0.3, -0.25) is 4.79 Å². The third-order valence-corrected chi connectivity index (χ3v) is 3.07. The molecule has 1 amide bonds. The number of aromatic nitrogens is 1. The molecular formula is C16H20FN3O. The Kier molecular flexibility index (Phi) is 4.98. The molecule has 2 N–H and O–H groups in total. The van der Waals surface area contributed by atoms with Crippen LogP contribution in [0.2, 0.25) is 0 Å². The van der Waals surface area contributed by atoms with Crippen LogP contribution in [0.25, 0.3) is 0 Å². The first-order valence-electron chi connectivity index (χ1n) is 7.04. The summed E-state index contributed by atoms with van der Waals surface area (Å²) < 4.78 is 15.7. The lowest BCUT2D eigenvalue weighted by molar-refractivity contribution is -0.114. The fourth-order valence-electron chi connectivity index (χ4n) is 2.12. The maximum atomic E-state index is 13.5. The minimum Gasteiger partial charge on any atom is -0.381 e. The highest BCUT2D eigenvalue weighted by molar-refractivity contribution is 5.89. The number of carbonyl (C=O) groups excluding carboxylic acids is 1. The Morgan fingerprint density at radius 2 is 2.14 bits per heavy atom. The van der Waals surface area contributed by atoms with Crippen LogP contribution in [0.15, 0.2) is 36.7 Å². The number of nitrogens with zero attached hydrogens (tertiary/aromatic N) is 1.